The van der Waals surface area contributed by atoms with Crippen molar-refractivity contribution >= 4 is 23.2 Å². The molecule has 0 aliphatic carbocycles. The van der Waals surface area contributed by atoms with Crippen LogP contribution in [0.2, 0.25) is 0 Å². The Kier molecular flexibility index (Phi) is 5.08. The Labute approximate surface area is 144 Å². The largest absolute Gasteiger partial charge is 0.383 e. The topological polar surface area (TPSA) is 76.5 Å². The number of hydrogen-bond acceptors (Lipinski definition) is 4. The Bertz CT molecular complexity index is 760. The zero-order chi connectivity index (χ0) is 17.8. The number of nitrogens with one attached hydrogen (secondary N) is 1. The number of halogens is 1. The van der Waals surface area contributed by atoms with Gasteiger partial charge >= 0.3 is 0 Å². The van der Waals surface area contributed by atoms with Crippen LogP contribution >= 0.6 is 0 Å². The molecular weight excluding hydrogens is 327 g/mol. The van der Waals surface area contributed by atoms with Crippen molar-refractivity contribution in [3.63, 3.8) is 0 Å². The molecule has 0 spiro atoms. The van der Waals surface area contributed by atoms with Gasteiger partial charge in [0.2, 0.25) is 11.8 Å². The highest BCUT2D eigenvalue weighted by Gasteiger charge is 2.35. The molecule has 3 rings (SSSR count). The summed E-state index contributed by atoms with van der Waals surface area (Å²) in [6.45, 7) is 1.39. The number of carbonyl (C=O) groups is 2. The molecular formula is C17H19FN4O3. The number of methoxy groups -OCH3 is 1. The number of carbonyl (C=O) groups excluding carboxylic acids is 2. The molecule has 132 valence electrons. The second-order valence-corrected chi connectivity index (χ2v) is 5.86. The number of nitrogens with zero attached hydrogens (tertiary/aromatic N) is 3. The molecule has 1 aromatic carbocycles. The zero-order valence-corrected chi connectivity index (χ0v) is 13.8. The van der Waals surface area contributed by atoms with E-state index in [1.165, 1.54) is 29.2 Å². The third-order valence-electron chi connectivity index (χ3n) is 4.06. The molecule has 1 aliphatic heterocycles. The maximum absolute atomic E-state index is 13.0. The van der Waals surface area contributed by atoms with Crippen LogP contribution in [0.25, 0.3) is 0 Å². The molecule has 1 atom stereocenters. The Morgan fingerprint density at radius 2 is 2.16 bits per heavy atom. The lowest BCUT2D eigenvalue weighted by Gasteiger charge is -2.16. The van der Waals surface area contributed by atoms with Gasteiger partial charge in [0.15, 0.2) is 0 Å². The molecule has 0 bridgehead atoms. The van der Waals surface area contributed by atoms with E-state index in [0.717, 1.165) is 0 Å². The molecule has 2 amide bonds. The fourth-order valence-electron chi connectivity index (χ4n) is 2.73. The lowest BCUT2D eigenvalue weighted by Crippen LogP contribution is -2.28. The van der Waals surface area contributed by atoms with Crippen LogP contribution in [0.15, 0.2) is 36.7 Å². The number of aromatic nitrogens is 2. The summed E-state index contributed by atoms with van der Waals surface area (Å²) in [5.74, 6) is -1.21. The Morgan fingerprint density at radius 3 is 2.88 bits per heavy atom. The Hall–Kier alpha value is -2.74. The first-order valence-electron chi connectivity index (χ1n) is 7.95. The van der Waals surface area contributed by atoms with Gasteiger partial charge in [-0.1, -0.05) is 0 Å². The van der Waals surface area contributed by atoms with Crippen LogP contribution in [0.3, 0.4) is 0 Å². The molecule has 1 aromatic heterocycles. The highest BCUT2D eigenvalue weighted by atomic mass is 19.1. The fraction of sp³-hybridized carbons (Fsp3) is 0.353. The predicted octanol–water partition coefficient (Wildman–Crippen LogP) is 1.66. The maximum Gasteiger partial charge on any atom is 0.229 e. The van der Waals surface area contributed by atoms with Gasteiger partial charge in [0, 0.05) is 32.0 Å². The minimum absolute atomic E-state index is 0.126. The molecule has 0 saturated carbocycles. The maximum atomic E-state index is 13.0. The second-order valence-electron chi connectivity index (χ2n) is 5.86. The van der Waals surface area contributed by atoms with Crippen LogP contribution in [0.1, 0.15) is 6.42 Å². The van der Waals surface area contributed by atoms with Crippen LogP contribution in [-0.2, 0) is 20.9 Å². The van der Waals surface area contributed by atoms with Crippen molar-refractivity contribution in [2.24, 2.45) is 5.92 Å². The van der Waals surface area contributed by atoms with Gasteiger partial charge in [0.05, 0.1) is 31.0 Å². The van der Waals surface area contributed by atoms with E-state index in [1.54, 1.807) is 24.2 Å². The molecule has 7 nitrogen and oxygen atoms in total. The van der Waals surface area contributed by atoms with E-state index < -0.39 is 5.92 Å². The normalized spacial score (nSPS) is 17.1. The van der Waals surface area contributed by atoms with E-state index in [0.29, 0.717) is 24.5 Å². The van der Waals surface area contributed by atoms with E-state index in [9.17, 15) is 14.0 Å². The van der Waals surface area contributed by atoms with Crippen LogP contribution in [0.5, 0.6) is 0 Å². The van der Waals surface area contributed by atoms with Crippen molar-refractivity contribution in [3.8, 4) is 0 Å². The lowest BCUT2D eigenvalue weighted by atomic mass is 10.1. The van der Waals surface area contributed by atoms with Crippen molar-refractivity contribution in [1.29, 1.82) is 0 Å². The molecule has 1 fully saturated rings. The molecule has 1 N–H and O–H groups in total. The first-order chi connectivity index (χ1) is 12.1. The first kappa shape index (κ1) is 17.1. The second kappa shape index (κ2) is 7.43. The van der Waals surface area contributed by atoms with Crippen molar-refractivity contribution < 1.29 is 18.7 Å². The monoisotopic (exact) mass is 346 g/mol. The summed E-state index contributed by atoms with van der Waals surface area (Å²) in [6.07, 6.45) is 3.40. The molecule has 1 saturated heterocycles. The van der Waals surface area contributed by atoms with Crippen LogP contribution in [-0.4, -0.2) is 41.9 Å². The number of hydrogen-bond donors (Lipinski definition) is 1. The van der Waals surface area contributed by atoms with Gasteiger partial charge in [-0.05, 0) is 24.3 Å². The molecule has 8 heteroatoms. The number of benzene rings is 1. The fourth-order valence-corrected chi connectivity index (χ4v) is 2.73. The van der Waals surface area contributed by atoms with Crippen molar-refractivity contribution in [1.82, 2.24) is 9.78 Å². The quantitative estimate of drug-likeness (QED) is 0.863. The van der Waals surface area contributed by atoms with Crippen molar-refractivity contribution in [2.45, 2.75) is 13.0 Å². The lowest BCUT2D eigenvalue weighted by molar-refractivity contribution is -0.122. The van der Waals surface area contributed by atoms with Crippen LogP contribution in [0, 0.1) is 11.7 Å². The number of anilines is 2. The molecule has 2 aromatic rings. The van der Waals surface area contributed by atoms with Crippen molar-refractivity contribution in [2.75, 3.05) is 30.5 Å². The molecule has 0 radical (unpaired) electrons. The van der Waals surface area contributed by atoms with Gasteiger partial charge in [0.25, 0.3) is 0 Å². The van der Waals surface area contributed by atoms with Gasteiger partial charge in [-0.2, -0.15) is 5.10 Å². The Morgan fingerprint density at radius 1 is 1.40 bits per heavy atom. The van der Waals surface area contributed by atoms with E-state index in [4.69, 9.17) is 4.74 Å². The first-order valence-corrected chi connectivity index (χ1v) is 7.95. The van der Waals surface area contributed by atoms with Gasteiger partial charge < -0.3 is 15.0 Å². The average molecular weight is 346 g/mol. The third kappa shape index (κ3) is 4.03. The van der Waals surface area contributed by atoms with Crippen LogP contribution in [0.4, 0.5) is 15.8 Å². The van der Waals surface area contributed by atoms with E-state index in [1.807, 2.05) is 0 Å². The SMILES string of the molecule is COCCn1cc(NC(=O)C2CC(=O)N(c3ccc(F)cc3)C2)cn1. The van der Waals surface area contributed by atoms with Gasteiger partial charge in [0.1, 0.15) is 5.82 Å². The highest BCUT2D eigenvalue weighted by Crippen LogP contribution is 2.26. The molecule has 2 heterocycles. The molecule has 25 heavy (non-hydrogen) atoms. The minimum atomic E-state index is -0.458. The Balaban J connectivity index is 1.60. The number of ether oxygens (including phenoxy) is 1. The average Bonchev–Trinajstić information content (AvgIpc) is 3.20. The standard InChI is InChI=1S/C17H19FN4O3/c1-25-7-6-21-11-14(9-19-21)20-17(24)12-8-16(23)22(10-12)15-4-2-13(18)3-5-15/h2-5,9,11-12H,6-8,10H2,1H3,(H,20,24). The smallest absolute Gasteiger partial charge is 0.229 e. The van der Waals surface area contributed by atoms with Gasteiger partial charge in [-0.25, -0.2) is 4.39 Å². The summed E-state index contributed by atoms with van der Waals surface area (Å²) in [5.41, 5.74) is 1.17. The highest BCUT2D eigenvalue weighted by molar-refractivity contribution is 6.03. The minimum Gasteiger partial charge on any atom is -0.383 e. The van der Waals surface area contributed by atoms with E-state index >= 15 is 0 Å². The third-order valence-corrected chi connectivity index (χ3v) is 4.06. The van der Waals surface area contributed by atoms with Gasteiger partial charge in [-0.3, -0.25) is 14.3 Å². The summed E-state index contributed by atoms with van der Waals surface area (Å²) in [4.78, 5) is 26.1. The summed E-state index contributed by atoms with van der Waals surface area (Å²) in [7, 11) is 1.61. The summed E-state index contributed by atoms with van der Waals surface area (Å²) in [6, 6.07) is 5.66. The van der Waals surface area contributed by atoms with Crippen molar-refractivity contribution in [3.05, 3.63) is 42.5 Å². The summed E-state index contributed by atoms with van der Waals surface area (Å²) >= 11 is 0. The molecule has 1 unspecified atom stereocenters. The number of amides is 2. The number of rotatable bonds is 6. The molecule has 1 aliphatic rings. The van der Waals surface area contributed by atoms with E-state index in [-0.39, 0.29) is 30.6 Å². The van der Waals surface area contributed by atoms with Gasteiger partial charge in [-0.15, -0.1) is 0 Å². The predicted molar refractivity (Wildman–Crippen MR) is 89.6 cm³/mol. The summed E-state index contributed by atoms with van der Waals surface area (Å²) in [5, 5.41) is 6.91. The van der Waals surface area contributed by atoms with E-state index in [2.05, 4.69) is 10.4 Å². The summed E-state index contributed by atoms with van der Waals surface area (Å²) < 4.78 is 19.7. The zero-order valence-electron chi connectivity index (χ0n) is 13.8. The van der Waals surface area contributed by atoms with Crippen LogP contribution < -0.4 is 10.2 Å².